The van der Waals surface area contributed by atoms with Gasteiger partial charge in [0.05, 0.1) is 37.3 Å². The molecule has 0 N–H and O–H groups in total. The highest BCUT2D eigenvalue weighted by Crippen LogP contribution is 2.13. The van der Waals surface area contributed by atoms with E-state index in [-0.39, 0.29) is 5.56 Å². The molecule has 2 aromatic heterocycles. The molecule has 0 bridgehead atoms. The molecule has 0 atom stereocenters. The van der Waals surface area contributed by atoms with E-state index in [9.17, 15) is 4.79 Å². The van der Waals surface area contributed by atoms with Crippen LogP contribution in [0.4, 0.5) is 5.95 Å². The maximum Gasteiger partial charge on any atom is 0.261 e. The van der Waals surface area contributed by atoms with Crippen LogP contribution in [0.15, 0.2) is 23.3 Å². The predicted molar refractivity (Wildman–Crippen MR) is 98.7 cm³/mol. The van der Waals surface area contributed by atoms with Gasteiger partial charge >= 0.3 is 0 Å². The molecule has 0 aromatic carbocycles. The fraction of sp³-hybridized carbons (Fsp3) is 0.611. The lowest BCUT2D eigenvalue weighted by Gasteiger charge is -2.27. The molecule has 4 heterocycles. The van der Waals surface area contributed by atoms with Gasteiger partial charge in [0, 0.05) is 51.7 Å². The summed E-state index contributed by atoms with van der Waals surface area (Å²) in [6.07, 6.45) is 4.45. The van der Waals surface area contributed by atoms with Crippen LogP contribution >= 0.6 is 0 Å². The van der Waals surface area contributed by atoms with Crippen molar-refractivity contribution in [2.24, 2.45) is 0 Å². The van der Waals surface area contributed by atoms with E-state index in [0.717, 1.165) is 52.4 Å². The van der Waals surface area contributed by atoms with Gasteiger partial charge in [0.25, 0.3) is 5.56 Å². The Morgan fingerprint density at radius 1 is 1.00 bits per heavy atom. The molecule has 8 nitrogen and oxygen atoms in total. The fourth-order valence-corrected chi connectivity index (χ4v) is 3.44. The molecule has 140 valence electrons. The van der Waals surface area contributed by atoms with Crippen molar-refractivity contribution >= 4 is 16.9 Å². The van der Waals surface area contributed by atoms with Gasteiger partial charge in [-0.15, -0.1) is 0 Å². The molecule has 8 heteroatoms. The Kier molecular flexibility index (Phi) is 5.42. The standard InChI is InChI=1S/C18H25N5O3/c24-17-15-14-19-18(23-8-12-26-13-9-23)20-16(15)2-5-22(17)4-1-3-21-6-10-25-11-7-21/h2,5,14H,1,3-4,6-13H2. The molecule has 2 saturated heterocycles. The Bertz CT molecular complexity index is 797. The van der Waals surface area contributed by atoms with Crippen LogP contribution in [0.3, 0.4) is 0 Å². The molecule has 2 fully saturated rings. The van der Waals surface area contributed by atoms with Crippen LogP contribution in [0.25, 0.3) is 10.9 Å². The molecule has 0 saturated carbocycles. The number of hydrogen-bond donors (Lipinski definition) is 0. The van der Waals surface area contributed by atoms with Crippen molar-refractivity contribution in [3.05, 3.63) is 28.8 Å². The number of pyridine rings is 1. The largest absolute Gasteiger partial charge is 0.379 e. The van der Waals surface area contributed by atoms with Gasteiger partial charge in [-0.25, -0.2) is 9.97 Å². The zero-order valence-corrected chi connectivity index (χ0v) is 15.0. The van der Waals surface area contributed by atoms with Crippen molar-refractivity contribution < 1.29 is 9.47 Å². The van der Waals surface area contributed by atoms with Crippen LogP contribution in [0.5, 0.6) is 0 Å². The van der Waals surface area contributed by atoms with Crippen LogP contribution in [-0.4, -0.2) is 78.6 Å². The Morgan fingerprint density at radius 3 is 2.50 bits per heavy atom. The molecular formula is C18H25N5O3. The summed E-state index contributed by atoms with van der Waals surface area (Å²) >= 11 is 0. The molecule has 0 unspecified atom stereocenters. The van der Waals surface area contributed by atoms with Crippen molar-refractivity contribution in [3.63, 3.8) is 0 Å². The minimum atomic E-state index is -0.0157. The molecule has 4 rings (SSSR count). The van der Waals surface area contributed by atoms with Crippen molar-refractivity contribution in [3.8, 4) is 0 Å². The van der Waals surface area contributed by atoms with E-state index in [1.165, 1.54) is 0 Å². The number of hydrogen-bond acceptors (Lipinski definition) is 7. The second-order valence-electron chi connectivity index (χ2n) is 6.69. The number of ether oxygens (including phenoxy) is 2. The van der Waals surface area contributed by atoms with Gasteiger partial charge in [-0.1, -0.05) is 0 Å². The van der Waals surface area contributed by atoms with Crippen molar-refractivity contribution in [1.29, 1.82) is 0 Å². The molecule has 26 heavy (non-hydrogen) atoms. The van der Waals surface area contributed by atoms with E-state index in [1.54, 1.807) is 10.8 Å². The van der Waals surface area contributed by atoms with E-state index in [1.807, 2.05) is 12.3 Å². The third kappa shape index (κ3) is 3.87. The van der Waals surface area contributed by atoms with Gasteiger partial charge in [-0.05, 0) is 12.5 Å². The topological polar surface area (TPSA) is 72.7 Å². The zero-order chi connectivity index (χ0) is 17.8. The predicted octanol–water partition coefficient (Wildman–Crippen LogP) is 0.350. The molecule has 0 radical (unpaired) electrons. The van der Waals surface area contributed by atoms with E-state index in [0.29, 0.717) is 36.6 Å². The lowest BCUT2D eigenvalue weighted by Crippen LogP contribution is -2.37. The van der Waals surface area contributed by atoms with E-state index < -0.39 is 0 Å². The van der Waals surface area contributed by atoms with Crippen LogP contribution in [-0.2, 0) is 16.0 Å². The second kappa shape index (κ2) is 8.11. The molecule has 0 spiro atoms. The fourth-order valence-electron chi connectivity index (χ4n) is 3.44. The Hall–Kier alpha value is -2.03. The van der Waals surface area contributed by atoms with Gasteiger partial charge < -0.3 is 18.9 Å². The highest BCUT2D eigenvalue weighted by atomic mass is 16.5. The Morgan fingerprint density at radius 2 is 1.73 bits per heavy atom. The van der Waals surface area contributed by atoms with Crippen LogP contribution in [0.1, 0.15) is 6.42 Å². The molecule has 0 amide bonds. The second-order valence-corrected chi connectivity index (χ2v) is 6.69. The third-order valence-electron chi connectivity index (χ3n) is 4.98. The highest BCUT2D eigenvalue weighted by molar-refractivity contribution is 5.77. The van der Waals surface area contributed by atoms with Gasteiger partial charge in [0.2, 0.25) is 5.95 Å². The number of aryl methyl sites for hydroxylation is 1. The number of aromatic nitrogens is 3. The van der Waals surface area contributed by atoms with E-state index in [4.69, 9.17) is 9.47 Å². The summed E-state index contributed by atoms with van der Waals surface area (Å²) in [5.41, 5.74) is 0.689. The third-order valence-corrected chi connectivity index (χ3v) is 4.98. The van der Waals surface area contributed by atoms with Gasteiger partial charge in [0.15, 0.2) is 0 Å². The van der Waals surface area contributed by atoms with Gasteiger partial charge in [0.1, 0.15) is 0 Å². The average molecular weight is 359 g/mol. The normalized spacial score (nSPS) is 19.2. The van der Waals surface area contributed by atoms with E-state index in [2.05, 4.69) is 19.8 Å². The van der Waals surface area contributed by atoms with Crippen LogP contribution in [0.2, 0.25) is 0 Å². The Balaban J connectivity index is 1.45. The smallest absolute Gasteiger partial charge is 0.261 e. The first-order valence-electron chi connectivity index (χ1n) is 9.30. The summed E-state index contributed by atoms with van der Waals surface area (Å²) in [4.78, 5) is 26.2. The van der Waals surface area contributed by atoms with Gasteiger partial charge in [-0.2, -0.15) is 0 Å². The first-order valence-corrected chi connectivity index (χ1v) is 9.30. The highest BCUT2D eigenvalue weighted by Gasteiger charge is 2.15. The summed E-state index contributed by atoms with van der Waals surface area (Å²) in [6, 6.07) is 1.91. The monoisotopic (exact) mass is 359 g/mol. The molecule has 2 aliphatic rings. The maximum absolute atomic E-state index is 12.7. The maximum atomic E-state index is 12.7. The summed E-state index contributed by atoms with van der Waals surface area (Å²) in [6.45, 7) is 8.19. The quantitative estimate of drug-likeness (QED) is 0.763. The number of anilines is 1. The number of nitrogens with zero attached hydrogens (tertiary/aromatic N) is 5. The molecule has 2 aliphatic heterocycles. The number of morpholine rings is 2. The lowest BCUT2D eigenvalue weighted by molar-refractivity contribution is 0.0369. The average Bonchev–Trinajstić information content (AvgIpc) is 2.71. The molecule has 2 aromatic rings. The first kappa shape index (κ1) is 17.4. The number of fused-ring (bicyclic) bond motifs is 1. The Labute approximate surface area is 152 Å². The molecule has 0 aliphatic carbocycles. The van der Waals surface area contributed by atoms with Crippen molar-refractivity contribution in [1.82, 2.24) is 19.4 Å². The van der Waals surface area contributed by atoms with Gasteiger partial charge in [-0.3, -0.25) is 9.69 Å². The van der Waals surface area contributed by atoms with Crippen LogP contribution in [0, 0.1) is 0 Å². The van der Waals surface area contributed by atoms with Crippen molar-refractivity contribution in [2.75, 3.05) is 64.1 Å². The van der Waals surface area contributed by atoms with Crippen molar-refractivity contribution in [2.45, 2.75) is 13.0 Å². The summed E-state index contributed by atoms with van der Waals surface area (Å²) < 4.78 is 12.5. The first-order chi connectivity index (χ1) is 12.8. The van der Waals surface area contributed by atoms with E-state index >= 15 is 0 Å². The molecular weight excluding hydrogens is 334 g/mol. The number of rotatable bonds is 5. The zero-order valence-electron chi connectivity index (χ0n) is 15.0. The summed E-state index contributed by atoms with van der Waals surface area (Å²) in [7, 11) is 0. The lowest BCUT2D eigenvalue weighted by atomic mass is 10.3. The summed E-state index contributed by atoms with van der Waals surface area (Å²) in [5.74, 6) is 0.672. The summed E-state index contributed by atoms with van der Waals surface area (Å²) in [5, 5.41) is 0.580. The SMILES string of the molecule is O=c1c2cnc(N3CCOCC3)nc2ccn1CCCN1CCOCC1. The van der Waals surface area contributed by atoms with Crippen LogP contribution < -0.4 is 10.5 Å². The minimum absolute atomic E-state index is 0.0157. The minimum Gasteiger partial charge on any atom is -0.379 e.